The SMILES string of the molecule is CC1(C(=O)N2CCCN(C(=O)Nc3ccc(Cl)cc3)CC2)Cc2ccccc2C(=O)O1. The Labute approximate surface area is 185 Å². The number of anilines is 1. The summed E-state index contributed by atoms with van der Waals surface area (Å²) >= 11 is 5.88. The lowest BCUT2D eigenvalue weighted by molar-refractivity contribution is -0.151. The lowest BCUT2D eigenvalue weighted by atomic mass is 9.89. The molecule has 4 rings (SSSR count). The van der Waals surface area contributed by atoms with Crippen LogP contribution in [-0.4, -0.2) is 59.5 Å². The topological polar surface area (TPSA) is 79.0 Å². The molecular weight excluding hydrogens is 418 g/mol. The lowest BCUT2D eigenvalue weighted by Gasteiger charge is -2.36. The molecule has 1 saturated heterocycles. The zero-order valence-corrected chi connectivity index (χ0v) is 18.0. The molecule has 1 fully saturated rings. The van der Waals surface area contributed by atoms with Crippen molar-refractivity contribution in [3.63, 3.8) is 0 Å². The van der Waals surface area contributed by atoms with Crippen LogP contribution in [0.4, 0.5) is 10.5 Å². The molecule has 2 aliphatic heterocycles. The van der Waals surface area contributed by atoms with Crippen molar-refractivity contribution >= 4 is 35.2 Å². The van der Waals surface area contributed by atoms with Gasteiger partial charge in [-0.15, -0.1) is 0 Å². The van der Waals surface area contributed by atoms with Gasteiger partial charge in [0.25, 0.3) is 5.91 Å². The van der Waals surface area contributed by atoms with E-state index < -0.39 is 11.6 Å². The number of ether oxygens (including phenoxy) is 1. The van der Waals surface area contributed by atoms with Gasteiger partial charge >= 0.3 is 12.0 Å². The molecule has 3 amide bonds. The summed E-state index contributed by atoms with van der Waals surface area (Å²) in [6, 6.07) is 13.9. The van der Waals surface area contributed by atoms with Crippen molar-refractivity contribution in [2.75, 3.05) is 31.5 Å². The molecule has 1 unspecified atom stereocenters. The minimum atomic E-state index is -1.24. The van der Waals surface area contributed by atoms with Gasteiger partial charge in [-0.1, -0.05) is 29.8 Å². The van der Waals surface area contributed by atoms with Crippen molar-refractivity contribution < 1.29 is 19.1 Å². The Kier molecular flexibility index (Phi) is 5.87. The molecule has 8 heteroatoms. The molecule has 2 aromatic carbocycles. The highest BCUT2D eigenvalue weighted by Gasteiger charge is 2.45. The van der Waals surface area contributed by atoms with Crippen LogP contribution in [-0.2, 0) is 16.0 Å². The van der Waals surface area contributed by atoms with E-state index in [2.05, 4.69) is 5.32 Å². The Balaban J connectivity index is 1.40. The third-order valence-electron chi connectivity index (χ3n) is 5.70. The second kappa shape index (κ2) is 8.59. The number of esters is 1. The predicted octanol–water partition coefficient (Wildman–Crippen LogP) is 3.58. The van der Waals surface area contributed by atoms with E-state index in [1.165, 1.54) is 0 Å². The van der Waals surface area contributed by atoms with E-state index in [1.807, 2.05) is 12.1 Å². The van der Waals surface area contributed by atoms with Gasteiger partial charge < -0.3 is 19.9 Å². The largest absolute Gasteiger partial charge is 0.445 e. The highest BCUT2D eigenvalue weighted by atomic mass is 35.5. The molecule has 0 aliphatic carbocycles. The first-order valence-corrected chi connectivity index (χ1v) is 10.7. The maximum Gasteiger partial charge on any atom is 0.339 e. The highest BCUT2D eigenvalue weighted by molar-refractivity contribution is 6.30. The second-order valence-electron chi connectivity index (χ2n) is 8.02. The third kappa shape index (κ3) is 4.51. The first-order chi connectivity index (χ1) is 14.9. The first-order valence-electron chi connectivity index (χ1n) is 10.3. The number of carbonyl (C=O) groups excluding carboxylic acids is 3. The van der Waals surface area contributed by atoms with Crippen molar-refractivity contribution in [1.82, 2.24) is 9.80 Å². The Morgan fingerprint density at radius 1 is 1.00 bits per heavy atom. The molecule has 0 bridgehead atoms. The van der Waals surface area contributed by atoms with Gasteiger partial charge in [-0.25, -0.2) is 9.59 Å². The highest BCUT2D eigenvalue weighted by Crippen LogP contribution is 2.30. The average Bonchev–Trinajstić information content (AvgIpc) is 3.01. The standard InChI is InChI=1S/C23H24ClN3O4/c1-23(15-16-5-2-3-6-19(16)20(28)31-23)21(29)26-11-4-12-27(14-13-26)22(30)25-18-9-7-17(24)8-10-18/h2-3,5-10H,4,11-15H2,1H3,(H,25,30). The molecule has 1 atom stereocenters. The van der Waals surface area contributed by atoms with Crippen LogP contribution >= 0.6 is 11.6 Å². The van der Waals surface area contributed by atoms with Gasteiger partial charge in [0.2, 0.25) is 0 Å². The lowest BCUT2D eigenvalue weighted by Crippen LogP contribution is -2.54. The molecule has 0 spiro atoms. The van der Waals surface area contributed by atoms with E-state index in [0.717, 1.165) is 5.56 Å². The number of urea groups is 1. The molecule has 2 aliphatic rings. The van der Waals surface area contributed by atoms with Gasteiger partial charge in [-0.3, -0.25) is 4.79 Å². The number of fused-ring (bicyclic) bond motifs is 1. The average molecular weight is 442 g/mol. The summed E-state index contributed by atoms with van der Waals surface area (Å²) in [5.41, 5.74) is 0.737. The fourth-order valence-corrected chi connectivity index (χ4v) is 4.17. The second-order valence-corrected chi connectivity index (χ2v) is 8.46. The molecule has 7 nitrogen and oxygen atoms in total. The molecule has 0 radical (unpaired) electrons. The third-order valence-corrected chi connectivity index (χ3v) is 5.95. The predicted molar refractivity (Wildman–Crippen MR) is 117 cm³/mol. The molecule has 2 heterocycles. The first kappa shape index (κ1) is 21.2. The van der Waals surface area contributed by atoms with Crippen LogP contribution in [0.15, 0.2) is 48.5 Å². The van der Waals surface area contributed by atoms with Crippen LogP contribution in [0.1, 0.15) is 29.3 Å². The Hall–Kier alpha value is -3.06. The summed E-state index contributed by atoms with van der Waals surface area (Å²) < 4.78 is 5.59. The van der Waals surface area contributed by atoms with E-state index in [0.29, 0.717) is 55.3 Å². The maximum atomic E-state index is 13.3. The summed E-state index contributed by atoms with van der Waals surface area (Å²) in [6.07, 6.45) is 0.978. The molecule has 1 N–H and O–H groups in total. The van der Waals surface area contributed by atoms with Crippen LogP contribution < -0.4 is 5.32 Å². The van der Waals surface area contributed by atoms with E-state index in [9.17, 15) is 14.4 Å². The number of nitrogens with one attached hydrogen (secondary N) is 1. The van der Waals surface area contributed by atoms with Gasteiger partial charge in [0.1, 0.15) is 0 Å². The van der Waals surface area contributed by atoms with Crippen molar-refractivity contribution in [3.05, 3.63) is 64.7 Å². The number of amides is 3. The Bertz CT molecular complexity index is 1010. The number of hydrogen-bond donors (Lipinski definition) is 1. The Morgan fingerprint density at radius 2 is 1.68 bits per heavy atom. The quantitative estimate of drug-likeness (QED) is 0.722. The van der Waals surface area contributed by atoms with Gasteiger partial charge in [0.05, 0.1) is 5.56 Å². The number of rotatable bonds is 2. The molecule has 2 aromatic rings. The fraction of sp³-hybridized carbons (Fsp3) is 0.348. The number of benzene rings is 2. The summed E-state index contributed by atoms with van der Waals surface area (Å²) in [7, 11) is 0. The summed E-state index contributed by atoms with van der Waals surface area (Å²) in [4.78, 5) is 41.7. The van der Waals surface area contributed by atoms with Crippen LogP contribution in [0.3, 0.4) is 0 Å². The van der Waals surface area contributed by atoms with Gasteiger partial charge in [0, 0.05) is 43.3 Å². The zero-order valence-electron chi connectivity index (χ0n) is 17.3. The molecule has 162 valence electrons. The van der Waals surface area contributed by atoms with Crippen molar-refractivity contribution in [2.24, 2.45) is 0 Å². The summed E-state index contributed by atoms with van der Waals surface area (Å²) in [5.74, 6) is -0.702. The number of nitrogens with zero attached hydrogens (tertiary/aromatic N) is 2. The van der Waals surface area contributed by atoms with Gasteiger partial charge in [-0.2, -0.15) is 0 Å². The fourth-order valence-electron chi connectivity index (χ4n) is 4.05. The number of hydrogen-bond acceptors (Lipinski definition) is 4. The number of cyclic esters (lactones) is 1. The van der Waals surface area contributed by atoms with Gasteiger partial charge in [-0.05, 0) is 49.2 Å². The molecule has 0 saturated carbocycles. The number of halogens is 1. The van der Waals surface area contributed by atoms with Crippen molar-refractivity contribution in [1.29, 1.82) is 0 Å². The van der Waals surface area contributed by atoms with Gasteiger partial charge in [0.15, 0.2) is 5.60 Å². The number of carbonyl (C=O) groups is 3. The van der Waals surface area contributed by atoms with Crippen molar-refractivity contribution in [2.45, 2.75) is 25.4 Å². The van der Waals surface area contributed by atoms with E-state index in [-0.39, 0.29) is 11.9 Å². The molecule has 31 heavy (non-hydrogen) atoms. The Morgan fingerprint density at radius 3 is 2.45 bits per heavy atom. The van der Waals surface area contributed by atoms with Crippen LogP contribution in [0, 0.1) is 0 Å². The van der Waals surface area contributed by atoms with E-state index in [4.69, 9.17) is 16.3 Å². The zero-order chi connectivity index (χ0) is 22.0. The monoisotopic (exact) mass is 441 g/mol. The maximum absolute atomic E-state index is 13.3. The summed E-state index contributed by atoms with van der Waals surface area (Å²) in [5, 5.41) is 3.45. The van der Waals surface area contributed by atoms with Crippen LogP contribution in [0.25, 0.3) is 0 Å². The molecule has 0 aromatic heterocycles. The smallest absolute Gasteiger partial charge is 0.339 e. The van der Waals surface area contributed by atoms with E-state index >= 15 is 0 Å². The minimum absolute atomic E-state index is 0.221. The molecular formula is C23H24ClN3O4. The van der Waals surface area contributed by atoms with Crippen molar-refractivity contribution in [3.8, 4) is 0 Å². The summed E-state index contributed by atoms with van der Waals surface area (Å²) in [6.45, 7) is 3.47. The van der Waals surface area contributed by atoms with Crippen LogP contribution in [0.5, 0.6) is 0 Å². The minimum Gasteiger partial charge on any atom is -0.445 e. The van der Waals surface area contributed by atoms with E-state index in [1.54, 1.807) is 53.1 Å². The normalized spacial score (nSPS) is 21.0. The van der Waals surface area contributed by atoms with Crippen LogP contribution in [0.2, 0.25) is 5.02 Å².